The van der Waals surface area contributed by atoms with Crippen molar-refractivity contribution in [2.75, 3.05) is 0 Å². The Labute approximate surface area is 115 Å². The van der Waals surface area contributed by atoms with Crippen LogP contribution in [0, 0.1) is 11.9 Å². The summed E-state index contributed by atoms with van der Waals surface area (Å²) in [6.45, 7) is 8.63. The maximum atomic E-state index is 13.4. The van der Waals surface area contributed by atoms with Gasteiger partial charge in [-0.05, 0) is 52.3 Å². The van der Waals surface area contributed by atoms with Crippen LogP contribution in [0.2, 0.25) is 0 Å². The van der Waals surface area contributed by atoms with E-state index >= 15 is 0 Å². The standard InChI is InChI=1S/C18H20F/c1-12(2)15-8-16(13(3)4)10-17(9-15)14-6-5-7-18(19)11-14/h5-7,9-13H,1-4H3. The van der Waals surface area contributed by atoms with Gasteiger partial charge in [-0.1, -0.05) is 52.0 Å². The van der Waals surface area contributed by atoms with E-state index in [1.54, 1.807) is 12.1 Å². The summed E-state index contributed by atoms with van der Waals surface area (Å²) in [6, 6.07) is 14.5. The molecule has 2 rings (SSSR count). The summed E-state index contributed by atoms with van der Waals surface area (Å²) in [4.78, 5) is 0. The monoisotopic (exact) mass is 255 g/mol. The lowest BCUT2D eigenvalue weighted by molar-refractivity contribution is 0.628. The average molecular weight is 255 g/mol. The van der Waals surface area contributed by atoms with Crippen LogP contribution >= 0.6 is 0 Å². The van der Waals surface area contributed by atoms with Crippen LogP contribution in [0.1, 0.15) is 50.7 Å². The van der Waals surface area contributed by atoms with Gasteiger partial charge in [0.2, 0.25) is 0 Å². The topological polar surface area (TPSA) is 0 Å². The second kappa shape index (κ2) is 5.56. The zero-order valence-electron chi connectivity index (χ0n) is 12.0. The molecule has 1 radical (unpaired) electrons. The van der Waals surface area contributed by atoms with E-state index in [1.807, 2.05) is 6.07 Å². The minimum Gasteiger partial charge on any atom is -0.207 e. The number of rotatable bonds is 3. The van der Waals surface area contributed by atoms with E-state index in [2.05, 4.69) is 45.9 Å². The maximum Gasteiger partial charge on any atom is 0.123 e. The van der Waals surface area contributed by atoms with Crippen LogP contribution in [0.5, 0.6) is 0 Å². The van der Waals surface area contributed by atoms with Crippen molar-refractivity contribution in [2.24, 2.45) is 0 Å². The lowest BCUT2D eigenvalue weighted by Crippen LogP contribution is -1.95. The molecule has 0 fully saturated rings. The molecule has 0 saturated heterocycles. The third-order valence-corrected chi connectivity index (χ3v) is 3.31. The molecule has 0 atom stereocenters. The Morgan fingerprint density at radius 3 is 1.89 bits per heavy atom. The molecule has 0 aliphatic heterocycles. The largest absolute Gasteiger partial charge is 0.207 e. The lowest BCUT2D eigenvalue weighted by atomic mass is 9.91. The second-order valence-electron chi connectivity index (χ2n) is 5.60. The first-order chi connectivity index (χ1) is 8.97. The molecule has 2 aromatic carbocycles. The van der Waals surface area contributed by atoms with E-state index in [4.69, 9.17) is 0 Å². The van der Waals surface area contributed by atoms with E-state index in [-0.39, 0.29) is 5.82 Å². The molecule has 2 aromatic rings. The molecule has 0 saturated carbocycles. The molecular weight excluding hydrogens is 235 g/mol. The fraction of sp³-hybridized carbons (Fsp3) is 0.333. The summed E-state index contributed by atoms with van der Waals surface area (Å²) in [5.74, 6) is 0.652. The first-order valence-electron chi connectivity index (χ1n) is 6.80. The summed E-state index contributed by atoms with van der Waals surface area (Å²) in [5, 5.41) is 0. The molecule has 0 aliphatic rings. The molecule has 1 heteroatoms. The third-order valence-electron chi connectivity index (χ3n) is 3.31. The Balaban J connectivity index is 2.56. The van der Waals surface area contributed by atoms with Gasteiger partial charge in [0.15, 0.2) is 0 Å². The average Bonchev–Trinajstić information content (AvgIpc) is 2.38. The first-order valence-corrected chi connectivity index (χ1v) is 6.80. The minimum atomic E-state index is -0.192. The van der Waals surface area contributed by atoms with Crippen LogP contribution in [0.4, 0.5) is 4.39 Å². The van der Waals surface area contributed by atoms with E-state index in [9.17, 15) is 4.39 Å². The molecule has 19 heavy (non-hydrogen) atoms. The van der Waals surface area contributed by atoms with Gasteiger partial charge in [0.25, 0.3) is 0 Å². The van der Waals surface area contributed by atoms with E-state index in [0.29, 0.717) is 11.8 Å². The Kier molecular flexibility index (Phi) is 4.04. The quantitative estimate of drug-likeness (QED) is 0.675. The fourth-order valence-electron chi connectivity index (χ4n) is 2.07. The van der Waals surface area contributed by atoms with Crippen molar-refractivity contribution in [1.82, 2.24) is 0 Å². The Morgan fingerprint density at radius 2 is 1.42 bits per heavy atom. The van der Waals surface area contributed by atoms with E-state index in [1.165, 1.54) is 17.2 Å². The van der Waals surface area contributed by atoms with Gasteiger partial charge in [-0.3, -0.25) is 0 Å². The summed E-state index contributed by atoms with van der Waals surface area (Å²) in [6.07, 6.45) is 0. The molecule has 0 spiro atoms. The molecule has 0 N–H and O–H groups in total. The van der Waals surface area contributed by atoms with Crippen LogP contribution in [-0.4, -0.2) is 0 Å². The van der Waals surface area contributed by atoms with Gasteiger partial charge in [0.05, 0.1) is 0 Å². The zero-order valence-corrected chi connectivity index (χ0v) is 12.0. The molecule has 0 heterocycles. The Morgan fingerprint density at radius 1 is 0.842 bits per heavy atom. The molecule has 0 bridgehead atoms. The second-order valence-corrected chi connectivity index (χ2v) is 5.60. The van der Waals surface area contributed by atoms with Crippen molar-refractivity contribution in [3.63, 3.8) is 0 Å². The molecule has 0 amide bonds. The van der Waals surface area contributed by atoms with Crippen LogP contribution in [0.15, 0.2) is 36.4 Å². The first kappa shape index (κ1) is 13.8. The van der Waals surface area contributed by atoms with Crippen LogP contribution < -0.4 is 0 Å². The predicted molar refractivity (Wildman–Crippen MR) is 78.9 cm³/mol. The lowest BCUT2D eigenvalue weighted by Gasteiger charge is -2.14. The summed E-state index contributed by atoms with van der Waals surface area (Å²) in [5.41, 5.74) is 4.37. The minimum absolute atomic E-state index is 0.192. The maximum absolute atomic E-state index is 13.4. The van der Waals surface area contributed by atoms with Crippen molar-refractivity contribution in [1.29, 1.82) is 0 Å². The summed E-state index contributed by atoms with van der Waals surface area (Å²) in [7, 11) is 0. The highest BCUT2D eigenvalue weighted by Crippen LogP contribution is 2.28. The fourth-order valence-corrected chi connectivity index (χ4v) is 2.07. The predicted octanol–water partition coefficient (Wildman–Crippen LogP) is 5.54. The molecule has 0 aliphatic carbocycles. The van der Waals surface area contributed by atoms with E-state index in [0.717, 1.165) is 11.1 Å². The zero-order chi connectivity index (χ0) is 14.0. The third kappa shape index (κ3) is 3.23. The highest BCUT2D eigenvalue weighted by molar-refractivity contribution is 5.65. The highest BCUT2D eigenvalue weighted by Gasteiger charge is 2.09. The van der Waals surface area contributed by atoms with Gasteiger partial charge in [-0.2, -0.15) is 0 Å². The summed E-state index contributed by atoms with van der Waals surface area (Å²) >= 11 is 0. The number of hydrogen-bond acceptors (Lipinski definition) is 0. The van der Waals surface area contributed by atoms with Gasteiger partial charge in [-0.25, -0.2) is 4.39 Å². The van der Waals surface area contributed by atoms with Gasteiger partial charge < -0.3 is 0 Å². The normalized spacial score (nSPS) is 11.3. The molecule has 0 nitrogen and oxygen atoms in total. The van der Waals surface area contributed by atoms with Crippen molar-refractivity contribution in [2.45, 2.75) is 39.5 Å². The molecule has 0 aromatic heterocycles. The summed E-state index contributed by atoms with van der Waals surface area (Å²) < 4.78 is 13.4. The molecule has 99 valence electrons. The van der Waals surface area contributed by atoms with Crippen molar-refractivity contribution in [3.05, 3.63) is 59.4 Å². The van der Waals surface area contributed by atoms with Crippen molar-refractivity contribution in [3.8, 4) is 11.1 Å². The number of hydrogen-bond donors (Lipinski definition) is 0. The van der Waals surface area contributed by atoms with Gasteiger partial charge in [-0.15, -0.1) is 0 Å². The Hall–Kier alpha value is -1.63. The van der Waals surface area contributed by atoms with Gasteiger partial charge >= 0.3 is 0 Å². The van der Waals surface area contributed by atoms with Crippen LogP contribution in [-0.2, 0) is 0 Å². The molecular formula is C18H20F. The van der Waals surface area contributed by atoms with Gasteiger partial charge in [0.1, 0.15) is 5.82 Å². The van der Waals surface area contributed by atoms with Crippen LogP contribution in [0.25, 0.3) is 11.1 Å². The smallest absolute Gasteiger partial charge is 0.123 e. The molecule has 0 unspecified atom stereocenters. The van der Waals surface area contributed by atoms with E-state index < -0.39 is 0 Å². The van der Waals surface area contributed by atoms with Crippen LogP contribution in [0.3, 0.4) is 0 Å². The van der Waals surface area contributed by atoms with Crippen molar-refractivity contribution < 1.29 is 4.39 Å². The highest BCUT2D eigenvalue weighted by atomic mass is 19.1. The van der Waals surface area contributed by atoms with Gasteiger partial charge in [0, 0.05) is 0 Å². The Bertz CT molecular complexity index is 541. The number of halogens is 1. The SMILES string of the molecule is CC(C)c1[c]c(C(C)C)cc(-c2cccc(F)c2)c1. The number of benzene rings is 2. The van der Waals surface area contributed by atoms with Crippen molar-refractivity contribution >= 4 is 0 Å².